The van der Waals surface area contributed by atoms with E-state index in [4.69, 9.17) is 18.9 Å². The fraction of sp³-hybridized carbons (Fsp3) is 0.800. The SMILES string of the molecule is CC1(C)O[C@@H]2[C@H](O1)[C@H]1COC(=O)[C@H]3C[C@@H]4C(=O)NC(=O)N([C@@H]43)[C@@H]2O1. The third kappa shape index (κ3) is 1.77. The van der Waals surface area contributed by atoms with Gasteiger partial charge >= 0.3 is 12.0 Å². The number of urea groups is 1. The van der Waals surface area contributed by atoms with Crippen molar-refractivity contribution in [3.8, 4) is 0 Å². The van der Waals surface area contributed by atoms with Crippen molar-refractivity contribution in [3.63, 3.8) is 0 Å². The molecule has 3 amide bonds. The van der Waals surface area contributed by atoms with Crippen LogP contribution in [0.1, 0.15) is 20.3 Å². The van der Waals surface area contributed by atoms with Gasteiger partial charge in [-0.2, -0.15) is 0 Å². The number of hydrogen-bond acceptors (Lipinski definition) is 7. The summed E-state index contributed by atoms with van der Waals surface area (Å²) in [5.41, 5.74) is 0. The Morgan fingerprint density at radius 2 is 1.88 bits per heavy atom. The lowest BCUT2D eigenvalue weighted by molar-refractivity contribution is -0.211. The quantitative estimate of drug-likeness (QED) is 0.585. The third-order valence-electron chi connectivity index (χ3n) is 5.55. The summed E-state index contributed by atoms with van der Waals surface area (Å²) < 4.78 is 23.2. The van der Waals surface area contributed by atoms with Gasteiger partial charge in [0.1, 0.15) is 24.9 Å². The fourth-order valence-corrected chi connectivity index (χ4v) is 4.49. The number of hydrogen-bond donors (Lipinski definition) is 1. The maximum atomic E-state index is 12.5. The first-order valence-corrected chi connectivity index (χ1v) is 8.16. The lowest BCUT2D eigenvalue weighted by Crippen LogP contribution is -2.72. The Bertz CT molecular complexity index is 650. The zero-order valence-corrected chi connectivity index (χ0v) is 13.3. The monoisotopic (exact) mass is 338 g/mol. The van der Waals surface area contributed by atoms with E-state index in [-0.39, 0.29) is 12.5 Å². The zero-order chi connectivity index (χ0) is 16.8. The summed E-state index contributed by atoms with van der Waals surface area (Å²) in [6.45, 7) is 3.63. The minimum Gasteiger partial charge on any atom is -0.463 e. The van der Waals surface area contributed by atoms with Gasteiger partial charge in [-0.25, -0.2) is 4.79 Å². The number of carbonyl (C=O) groups excluding carboxylic acids is 3. The van der Waals surface area contributed by atoms with E-state index in [1.807, 2.05) is 0 Å². The lowest BCUT2D eigenvalue weighted by Gasteiger charge is -2.52. The first kappa shape index (κ1) is 14.6. The van der Waals surface area contributed by atoms with Gasteiger partial charge in [0.15, 0.2) is 12.0 Å². The van der Waals surface area contributed by atoms with Crippen molar-refractivity contribution < 1.29 is 33.3 Å². The molecule has 130 valence electrons. The highest BCUT2D eigenvalue weighted by Crippen LogP contribution is 2.48. The zero-order valence-electron chi connectivity index (χ0n) is 13.3. The van der Waals surface area contributed by atoms with Gasteiger partial charge in [0.05, 0.1) is 17.9 Å². The molecule has 24 heavy (non-hydrogen) atoms. The first-order chi connectivity index (χ1) is 11.4. The Kier molecular flexibility index (Phi) is 2.72. The Hall–Kier alpha value is -1.71. The number of rotatable bonds is 0. The first-order valence-electron chi connectivity index (χ1n) is 8.16. The van der Waals surface area contributed by atoms with Gasteiger partial charge in [0.25, 0.3) is 0 Å². The number of nitrogens with one attached hydrogen (secondary N) is 1. The van der Waals surface area contributed by atoms with E-state index in [2.05, 4.69) is 5.32 Å². The summed E-state index contributed by atoms with van der Waals surface area (Å²) >= 11 is 0. The summed E-state index contributed by atoms with van der Waals surface area (Å²) in [5.74, 6) is -2.47. The van der Waals surface area contributed by atoms with Crippen molar-refractivity contribution in [2.45, 2.75) is 56.6 Å². The second kappa shape index (κ2) is 4.47. The summed E-state index contributed by atoms with van der Waals surface area (Å²) in [5, 5.41) is 2.35. The van der Waals surface area contributed by atoms with Crippen molar-refractivity contribution in [2.75, 3.05) is 6.61 Å². The molecular formula is C15H18N2O7. The number of cyclic esters (lactones) is 1. The highest BCUT2D eigenvalue weighted by atomic mass is 16.8. The Balaban J connectivity index is 1.56. The van der Waals surface area contributed by atoms with E-state index in [0.717, 1.165) is 0 Å². The maximum Gasteiger partial charge on any atom is 0.326 e. The van der Waals surface area contributed by atoms with E-state index in [0.29, 0.717) is 6.42 Å². The molecule has 0 aromatic rings. The minimum absolute atomic E-state index is 0.0488. The molecule has 1 saturated carbocycles. The largest absolute Gasteiger partial charge is 0.463 e. The molecule has 0 spiro atoms. The second-order valence-corrected chi connectivity index (χ2v) is 7.40. The van der Waals surface area contributed by atoms with Gasteiger partial charge in [0, 0.05) is 0 Å². The number of ether oxygens (including phenoxy) is 4. The van der Waals surface area contributed by atoms with Crippen LogP contribution in [-0.2, 0) is 28.5 Å². The van der Waals surface area contributed by atoms with Gasteiger partial charge in [-0.3, -0.25) is 19.8 Å². The highest BCUT2D eigenvalue weighted by molar-refractivity contribution is 6.01. The molecule has 7 atom stereocenters. The van der Waals surface area contributed by atoms with Crippen LogP contribution in [0.2, 0.25) is 0 Å². The average Bonchev–Trinajstić information content (AvgIpc) is 2.94. The molecule has 0 unspecified atom stereocenters. The number of carbonyl (C=O) groups is 3. The summed E-state index contributed by atoms with van der Waals surface area (Å²) in [6.07, 6.45) is -1.75. The van der Waals surface area contributed by atoms with E-state index in [1.54, 1.807) is 13.8 Å². The number of esters is 1. The van der Waals surface area contributed by atoms with Crippen molar-refractivity contribution in [1.29, 1.82) is 0 Å². The molecule has 5 fully saturated rings. The van der Waals surface area contributed by atoms with Crippen LogP contribution in [0.15, 0.2) is 0 Å². The second-order valence-electron chi connectivity index (χ2n) is 7.40. The Labute approximate surface area is 137 Å². The summed E-state index contributed by atoms with van der Waals surface area (Å²) in [4.78, 5) is 38.3. The van der Waals surface area contributed by atoms with Gasteiger partial charge in [-0.1, -0.05) is 0 Å². The molecule has 9 nitrogen and oxygen atoms in total. The van der Waals surface area contributed by atoms with Crippen LogP contribution in [0.4, 0.5) is 4.79 Å². The molecule has 4 aliphatic heterocycles. The third-order valence-corrected chi connectivity index (χ3v) is 5.55. The predicted molar refractivity (Wildman–Crippen MR) is 74.2 cm³/mol. The van der Waals surface area contributed by atoms with Gasteiger partial charge in [-0.05, 0) is 20.3 Å². The van der Waals surface area contributed by atoms with E-state index in [9.17, 15) is 14.4 Å². The van der Waals surface area contributed by atoms with Crippen LogP contribution in [-0.4, -0.2) is 65.8 Å². The van der Waals surface area contributed by atoms with Crippen LogP contribution in [0.5, 0.6) is 0 Å². The maximum absolute atomic E-state index is 12.5. The van der Waals surface area contributed by atoms with Crippen molar-refractivity contribution in [3.05, 3.63) is 0 Å². The molecule has 0 radical (unpaired) electrons. The normalized spacial score (nSPS) is 48.3. The van der Waals surface area contributed by atoms with Crippen molar-refractivity contribution in [2.24, 2.45) is 11.8 Å². The standard InChI is InChI=1S/C15H18N2O7/c1-15(2)23-9-7-4-21-13(19)6-3-5-8(6)17(14(20)16-11(5)18)12(22-7)10(9)24-15/h5-10,12H,3-4H2,1-2H3,(H,16,18,20)/t5-,6-,7+,8-,9+,10+,12+/m0/s1. The molecular weight excluding hydrogens is 320 g/mol. The van der Waals surface area contributed by atoms with E-state index >= 15 is 0 Å². The molecule has 4 saturated heterocycles. The molecule has 5 aliphatic rings. The molecule has 1 N–H and O–H groups in total. The van der Waals surface area contributed by atoms with Crippen LogP contribution in [0.25, 0.3) is 0 Å². The van der Waals surface area contributed by atoms with Gasteiger partial charge < -0.3 is 18.9 Å². The molecule has 9 heteroatoms. The Morgan fingerprint density at radius 1 is 1.12 bits per heavy atom. The molecule has 1 aliphatic carbocycles. The van der Waals surface area contributed by atoms with Crippen LogP contribution in [0.3, 0.4) is 0 Å². The topological polar surface area (TPSA) is 103 Å². The predicted octanol–water partition coefficient (Wildman–Crippen LogP) is -0.655. The number of nitrogens with zero attached hydrogens (tertiary/aromatic N) is 1. The Morgan fingerprint density at radius 3 is 2.67 bits per heavy atom. The van der Waals surface area contributed by atoms with E-state index < -0.39 is 60.2 Å². The molecule has 0 aromatic heterocycles. The minimum atomic E-state index is -0.811. The van der Waals surface area contributed by atoms with Gasteiger partial charge in [0.2, 0.25) is 5.91 Å². The van der Waals surface area contributed by atoms with Crippen molar-refractivity contribution >= 4 is 17.9 Å². The van der Waals surface area contributed by atoms with E-state index in [1.165, 1.54) is 4.90 Å². The molecule has 5 rings (SSSR count). The highest BCUT2D eigenvalue weighted by Gasteiger charge is 2.65. The van der Waals surface area contributed by atoms with Gasteiger partial charge in [-0.15, -0.1) is 0 Å². The average molecular weight is 338 g/mol. The lowest BCUT2D eigenvalue weighted by atomic mass is 9.67. The molecule has 2 bridgehead atoms. The number of amides is 3. The summed E-state index contributed by atoms with van der Waals surface area (Å²) in [7, 11) is 0. The van der Waals surface area contributed by atoms with Crippen LogP contribution in [0, 0.1) is 11.8 Å². The fourth-order valence-electron chi connectivity index (χ4n) is 4.49. The smallest absolute Gasteiger partial charge is 0.326 e. The number of imide groups is 1. The summed E-state index contributed by atoms with van der Waals surface area (Å²) in [6, 6.07) is -1.10. The molecule has 4 heterocycles. The molecule has 0 aromatic carbocycles. The number of fused-ring (bicyclic) bond motifs is 6. The van der Waals surface area contributed by atoms with Crippen LogP contribution >= 0.6 is 0 Å². The van der Waals surface area contributed by atoms with Crippen molar-refractivity contribution in [1.82, 2.24) is 10.2 Å². The van der Waals surface area contributed by atoms with Crippen LogP contribution < -0.4 is 5.32 Å².